The van der Waals surface area contributed by atoms with E-state index >= 15 is 0 Å². The Morgan fingerprint density at radius 2 is 1.87 bits per heavy atom. The molecule has 8 heteroatoms. The minimum Gasteiger partial charge on any atom is -0.342 e. The maximum Gasteiger partial charge on any atom is 0.286 e. The van der Waals surface area contributed by atoms with Crippen molar-refractivity contribution in [2.45, 2.75) is 32.1 Å². The fraction of sp³-hybridized carbons (Fsp3) is 0.304. The summed E-state index contributed by atoms with van der Waals surface area (Å²) in [5, 5.41) is 12.2. The van der Waals surface area contributed by atoms with Crippen LogP contribution in [0.2, 0.25) is 0 Å². The summed E-state index contributed by atoms with van der Waals surface area (Å²) in [5.74, 6) is -0.525. The number of benzene rings is 2. The van der Waals surface area contributed by atoms with Crippen LogP contribution < -0.4 is 5.32 Å². The second kappa shape index (κ2) is 9.34. The minimum absolute atomic E-state index is 0.0122. The second-order valence-electron chi connectivity index (χ2n) is 7.75. The maximum absolute atomic E-state index is 13.1. The molecule has 3 aromatic rings. The van der Waals surface area contributed by atoms with Crippen molar-refractivity contribution in [2.24, 2.45) is 0 Å². The average molecular weight is 439 g/mol. The quantitative estimate of drug-likeness (QED) is 0.648. The Bertz CT molecular complexity index is 1070. The molecule has 0 saturated carbocycles. The lowest BCUT2D eigenvalue weighted by Crippen LogP contribution is -2.39. The van der Waals surface area contributed by atoms with E-state index in [0.717, 1.165) is 29.0 Å². The maximum atomic E-state index is 13.1. The molecule has 2 aromatic carbocycles. The number of amides is 2. The van der Waals surface area contributed by atoms with Gasteiger partial charge in [-0.05, 0) is 49.6 Å². The van der Waals surface area contributed by atoms with Gasteiger partial charge in [0.2, 0.25) is 10.9 Å². The van der Waals surface area contributed by atoms with E-state index in [1.165, 1.54) is 23.5 Å². The van der Waals surface area contributed by atoms with E-state index in [9.17, 15) is 14.0 Å². The summed E-state index contributed by atoms with van der Waals surface area (Å²) >= 11 is 1.28. The number of hydrogen-bond donors (Lipinski definition) is 1. The number of anilines is 1. The van der Waals surface area contributed by atoms with Crippen molar-refractivity contribution in [2.75, 3.05) is 18.4 Å². The molecule has 0 spiro atoms. The lowest BCUT2D eigenvalue weighted by atomic mass is 9.98. The summed E-state index contributed by atoms with van der Waals surface area (Å²) < 4.78 is 13.1. The number of nitrogens with one attached hydrogen (secondary N) is 1. The third-order valence-electron chi connectivity index (χ3n) is 5.34. The van der Waals surface area contributed by atoms with Gasteiger partial charge < -0.3 is 10.2 Å². The van der Waals surface area contributed by atoms with Gasteiger partial charge in [0.15, 0.2) is 0 Å². The molecule has 1 aliphatic rings. The minimum atomic E-state index is -0.312. The van der Waals surface area contributed by atoms with E-state index < -0.39 is 0 Å². The zero-order valence-electron chi connectivity index (χ0n) is 17.2. The standard InChI is InChI=1S/C23H23FN4O2S/c1-15-4-10-19(11-5-15)25-21(30)23-27-26-22(31-23)17-3-2-12-28(14-17)20(29)13-16-6-8-18(24)9-7-16/h4-11,17H,2-3,12-14H2,1H3,(H,25,30). The number of piperidine rings is 1. The van der Waals surface area contributed by atoms with Gasteiger partial charge in [-0.3, -0.25) is 9.59 Å². The number of halogens is 1. The molecule has 4 rings (SSSR count). The van der Waals surface area contributed by atoms with Crippen molar-refractivity contribution >= 4 is 28.8 Å². The van der Waals surface area contributed by atoms with Gasteiger partial charge in [-0.1, -0.05) is 41.2 Å². The number of hydrogen-bond acceptors (Lipinski definition) is 5. The first-order chi connectivity index (χ1) is 15.0. The van der Waals surface area contributed by atoms with Crippen LogP contribution in [0, 0.1) is 12.7 Å². The van der Waals surface area contributed by atoms with Crippen molar-refractivity contribution in [3.63, 3.8) is 0 Å². The van der Waals surface area contributed by atoms with Gasteiger partial charge >= 0.3 is 0 Å². The van der Waals surface area contributed by atoms with E-state index in [1.807, 2.05) is 36.1 Å². The number of carbonyl (C=O) groups excluding carboxylic acids is 2. The van der Waals surface area contributed by atoms with E-state index in [0.29, 0.717) is 23.8 Å². The smallest absolute Gasteiger partial charge is 0.286 e. The van der Waals surface area contributed by atoms with Crippen LogP contribution in [0.3, 0.4) is 0 Å². The van der Waals surface area contributed by atoms with E-state index in [4.69, 9.17) is 0 Å². The Hall–Kier alpha value is -3.13. The van der Waals surface area contributed by atoms with Gasteiger partial charge in [0, 0.05) is 24.7 Å². The van der Waals surface area contributed by atoms with Crippen molar-refractivity contribution in [1.82, 2.24) is 15.1 Å². The van der Waals surface area contributed by atoms with Crippen LogP contribution >= 0.6 is 11.3 Å². The first kappa shape index (κ1) is 21.1. The van der Waals surface area contributed by atoms with E-state index in [-0.39, 0.29) is 30.0 Å². The Morgan fingerprint density at radius 3 is 2.61 bits per heavy atom. The highest BCUT2D eigenvalue weighted by molar-refractivity contribution is 7.13. The van der Waals surface area contributed by atoms with Gasteiger partial charge in [0.25, 0.3) is 5.91 Å². The highest BCUT2D eigenvalue weighted by atomic mass is 32.1. The van der Waals surface area contributed by atoms with Crippen LogP contribution in [0.25, 0.3) is 0 Å². The van der Waals surface area contributed by atoms with Gasteiger partial charge in [0.05, 0.1) is 6.42 Å². The van der Waals surface area contributed by atoms with Crippen LogP contribution in [-0.4, -0.2) is 40.0 Å². The van der Waals surface area contributed by atoms with Crippen molar-refractivity contribution in [3.8, 4) is 0 Å². The van der Waals surface area contributed by atoms with Gasteiger partial charge in [-0.25, -0.2) is 4.39 Å². The topological polar surface area (TPSA) is 75.2 Å². The van der Waals surface area contributed by atoms with Crippen LogP contribution in [-0.2, 0) is 11.2 Å². The molecule has 1 atom stereocenters. The molecule has 1 aromatic heterocycles. The third-order valence-corrected chi connectivity index (χ3v) is 6.42. The molecule has 160 valence electrons. The fourth-order valence-corrected chi connectivity index (χ4v) is 4.47. The molecular weight excluding hydrogens is 415 g/mol. The molecule has 2 heterocycles. The zero-order chi connectivity index (χ0) is 21.8. The number of rotatable bonds is 5. The molecular formula is C23H23FN4O2S. The predicted octanol–water partition coefficient (Wildman–Crippen LogP) is 4.19. The molecule has 1 fully saturated rings. The summed E-state index contributed by atoms with van der Waals surface area (Å²) in [4.78, 5) is 27.0. The normalized spacial score (nSPS) is 16.2. The largest absolute Gasteiger partial charge is 0.342 e. The summed E-state index contributed by atoms with van der Waals surface area (Å²) in [6.07, 6.45) is 2.01. The van der Waals surface area contributed by atoms with Crippen LogP contribution in [0.5, 0.6) is 0 Å². The molecule has 1 aliphatic heterocycles. The molecule has 0 aliphatic carbocycles. The Balaban J connectivity index is 1.37. The second-order valence-corrected chi connectivity index (χ2v) is 8.76. The van der Waals surface area contributed by atoms with Crippen molar-refractivity contribution in [3.05, 3.63) is 75.5 Å². The fourth-order valence-electron chi connectivity index (χ4n) is 3.61. The average Bonchev–Trinajstić information content (AvgIpc) is 3.28. The van der Waals surface area contributed by atoms with Crippen molar-refractivity contribution in [1.29, 1.82) is 0 Å². The first-order valence-electron chi connectivity index (χ1n) is 10.2. The number of aromatic nitrogens is 2. The molecule has 1 saturated heterocycles. The molecule has 31 heavy (non-hydrogen) atoms. The number of nitrogens with zero attached hydrogens (tertiary/aromatic N) is 3. The van der Waals surface area contributed by atoms with Crippen molar-refractivity contribution < 1.29 is 14.0 Å². The zero-order valence-corrected chi connectivity index (χ0v) is 18.0. The summed E-state index contributed by atoms with van der Waals surface area (Å²) in [5.41, 5.74) is 2.62. The molecule has 6 nitrogen and oxygen atoms in total. The SMILES string of the molecule is Cc1ccc(NC(=O)c2nnc(C3CCCN(C(=O)Cc4ccc(F)cc4)C3)s2)cc1. The Kier molecular flexibility index (Phi) is 6.36. The van der Waals surface area contributed by atoms with Gasteiger partial charge in [-0.2, -0.15) is 0 Å². The highest BCUT2D eigenvalue weighted by Crippen LogP contribution is 2.29. The van der Waals surface area contributed by atoms with E-state index in [1.54, 1.807) is 12.1 Å². The van der Waals surface area contributed by atoms with Gasteiger partial charge in [-0.15, -0.1) is 10.2 Å². The van der Waals surface area contributed by atoms with E-state index in [2.05, 4.69) is 15.5 Å². The molecule has 0 radical (unpaired) electrons. The number of aryl methyl sites for hydroxylation is 1. The highest BCUT2D eigenvalue weighted by Gasteiger charge is 2.28. The molecule has 2 amide bonds. The monoisotopic (exact) mass is 438 g/mol. The third kappa shape index (κ3) is 5.32. The number of likely N-dealkylation sites (tertiary alicyclic amines) is 1. The Labute approximate surface area is 184 Å². The summed E-state index contributed by atoms with van der Waals surface area (Å²) in [7, 11) is 0. The lowest BCUT2D eigenvalue weighted by molar-refractivity contribution is -0.131. The van der Waals surface area contributed by atoms with Crippen LogP contribution in [0.4, 0.5) is 10.1 Å². The molecule has 1 N–H and O–H groups in total. The summed E-state index contributed by atoms with van der Waals surface area (Å²) in [6, 6.07) is 13.6. The first-order valence-corrected chi connectivity index (χ1v) is 11.0. The molecule has 1 unspecified atom stereocenters. The summed E-state index contributed by atoms with van der Waals surface area (Å²) in [6.45, 7) is 3.23. The lowest BCUT2D eigenvalue weighted by Gasteiger charge is -2.31. The van der Waals surface area contributed by atoms with Gasteiger partial charge in [0.1, 0.15) is 10.8 Å². The molecule has 0 bridgehead atoms. The predicted molar refractivity (Wildman–Crippen MR) is 118 cm³/mol. The van der Waals surface area contributed by atoms with Crippen LogP contribution in [0.15, 0.2) is 48.5 Å². The Morgan fingerprint density at radius 1 is 1.13 bits per heavy atom. The number of carbonyl (C=O) groups is 2. The van der Waals surface area contributed by atoms with Crippen LogP contribution in [0.1, 0.15) is 44.7 Å².